The molecular weight excluding hydrogens is 633 g/mol. The summed E-state index contributed by atoms with van der Waals surface area (Å²) in [5.74, 6) is 0.670. The average molecular weight is 653 g/mol. The molecule has 0 saturated carbocycles. The average Bonchev–Trinajstić information content (AvgIpc) is 3.09. The van der Waals surface area contributed by atoms with E-state index in [1.165, 1.54) is 32.0 Å². The Balaban J connectivity index is 0.00000114. The van der Waals surface area contributed by atoms with E-state index in [4.69, 9.17) is 14.2 Å². The summed E-state index contributed by atoms with van der Waals surface area (Å²) in [7, 11) is 3.41. The van der Waals surface area contributed by atoms with E-state index in [2.05, 4.69) is 49.3 Å². The number of esters is 1. The van der Waals surface area contributed by atoms with Crippen molar-refractivity contribution in [3.63, 3.8) is 0 Å². The third-order valence-corrected chi connectivity index (χ3v) is 3.69. The van der Waals surface area contributed by atoms with Crippen LogP contribution in [-0.4, -0.2) is 29.5 Å². The molecule has 0 fully saturated rings. The second-order valence-corrected chi connectivity index (χ2v) is 18.6. The first-order valence-corrected chi connectivity index (χ1v) is 17.4. The molecular formula is C17H20I2N2O4SV. The van der Waals surface area contributed by atoms with Gasteiger partial charge < -0.3 is 14.2 Å². The van der Waals surface area contributed by atoms with Crippen LogP contribution in [0, 0.1) is 0 Å². The van der Waals surface area contributed by atoms with Gasteiger partial charge in [-0.1, -0.05) is 39.0 Å². The molecule has 2 aromatic rings. The number of nitrogens with zero attached hydrogens (tertiary/aromatic N) is 2. The van der Waals surface area contributed by atoms with Crippen LogP contribution in [0.3, 0.4) is 0 Å². The third-order valence-electron chi connectivity index (χ3n) is 3.09. The fraction of sp³-hybridized carbons (Fsp3) is 0.353. The summed E-state index contributed by atoms with van der Waals surface area (Å²) in [6.45, 7) is 6.09. The van der Waals surface area contributed by atoms with Crippen molar-refractivity contribution < 1.29 is 28.5 Å². The summed E-state index contributed by atoms with van der Waals surface area (Å²) in [6, 6.07) is 7.12. The van der Waals surface area contributed by atoms with E-state index < -0.39 is 5.97 Å². The number of hydrogen-bond acceptors (Lipinski definition) is 7. The van der Waals surface area contributed by atoms with Crippen molar-refractivity contribution >= 4 is 63.0 Å². The predicted octanol–water partition coefficient (Wildman–Crippen LogP) is 5.56. The van der Waals surface area contributed by atoms with Crippen molar-refractivity contribution in [2.75, 3.05) is 14.2 Å². The molecule has 0 spiro atoms. The number of benzene rings is 1. The fourth-order valence-electron chi connectivity index (χ4n) is 1.88. The summed E-state index contributed by atoms with van der Waals surface area (Å²) in [4.78, 5) is 16.4. The van der Waals surface area contributed by atoms with Crippen molar-refractivity contribution in [3.05, 3.63) is 41.9 Å². The van der Waals surface area contributed by atoms with Gasteiger partial charge >= 0.3 is 55.4 Å². The van der Waals surface area contributed by atoms with Crippen LogP contribution < -0.4 is 4.74 Å². The minimum atomic E-state index is -0.513. The van der Waals surface area contributed by atoms with Gasteiger partial charge in [0.25, 0.3) is 5.19 Å². The first kappa shape index (κ1) is 24.7. The monoisotopic (exact) mass is 653 g/mol. The zero-order chi connectivity index (χ0) is 20.4. The Bertz CT molecular complexity index is 778. The summed E-state index contributed by atoms with van der Waals surface area (Å²) in [5.41, 5.74) is 0.653. The molecule has 147 valence electrons. The molecule has 1 aromatic carbocycles. The summed E-state index contributed by atoms with van der Waals surface area (Å²) in [6.07, 6.45) is 1.33. The second-order valence-electron chi connectivity index (χ2n) is 6.05. The molecule has 1 aromatic heterocycles. The number of para-hydroxylation sites is 1. The molecule has 10 heteroatoms. The first-order valence-electron chi connectivity index (χ1n) is 7.63. The fourth-order valence-corrected chi connectivity index (χ4v) is 2.61. The van der Waals surface area contributed by atoms with Crippen LogP contribution in [0.2, 0.25) is 0 Å². The Labute approximate surface area is 192 Å². The van der Waals surface area contributed by atoms with Gasteiger partial charge in [-0.05, 0) is 6.07 Å². The zero-order valence-electron chi connectivity index (χ0n) is 15.5. The van der Waals surface area contributed by atoms with Crippen molar-refractivity contribution in [3.8, 4) is 10.9 Å². The number of ether oxygens (including phenoxy) is 3. The molecule has 1 heterocycles. The van der Waals surface area contributed by atoms with Gasteiger partial charge in [0.05, 0.1) is 20.5 Å². The topological polar surface area (TPSA) is 70.5 Å². The van der Waals surface area contributed by atoms with Crippen LogP contribution in [-0.2, 0) is 29.1 Å². The number of methoxy groups -OCH3 is 2. The van der Waals surface area contributed by atoms with Crippen molar-refractivity contribution in [1.82, 2.24) is 9.36 Å². The third kappa shape index (κ3) is 7.88. The molecule has 27 heavy (non-hydrogen) atoms. The Kier molecular flexibility index (Phi) is 11.2. The number of carbonyl (C=O) groups excluding carboxylic acids is 1. The molecule has 0 aliphatic carbocycles. The van der Waals surface area contributed by atoms with Gasteiger partial charge in [-0.2, -0.15) is 9.36 Å². The maximum absolute atomic E-state index is 12.0. The first-order chi connectivity index (χ1) is 12.8. The van der Waals surface area contributed by atoms with Gasteiger partial charge in [-0.25, -0.2) is 4.79 Å². The predicted molar refractivity (Wildman–Crippen MR) is 120 cm³/mol. The zero-order valence-corrected chi connectivity index (χ0v) is 22.1. The Hall–Kier alpha value is -0.366. The van der Waals surface area contributed by atoms with Crippen LogP contribution in [0.15, 0.2) is 30.5 Å². The molecule has 0 atom stereocenters. The molecule has 0 unspecified atom stereocenters. The van der Waals surface area contributed by atoms with Gasteiger partial charge in [-0.3, -0.25) is 0 Å². The standard InChI is InChI=1S/C17H20N2O4S.2HI.V/c1-17(2,3)15-18-16(24-19-15)23-13-9-7-6-8-11(13)12(10-21-4)14(20)22-5;;;/h6-10H,1-5H3;2*1H;/q;;;+2/p-2/b12-10+;;;. The van der Waals surface area contributed by atoms with E-state index in [9.17, 15) is 4.79 Å². The summed E-state index contributed by atoms with van der Waals surface area (Å²) < 4.78 is 20.0. The molecule has 0 amide bonds. The number of halogens is 2. The molecule has 0 bridgehead atoms. The number of carbonyl (C=O) groups is 1. The van der Waals surface area contributed by atoms with Gasteiger partial charge in [0.1, 0.15) is 11.3 Å². The molecule has 0 aliphatic rings. The van der Waals surface area contributed by atoms with Crippen molar-refractivity contribution in [2.45, 2.75) is 26.2 Å². The SMILES string of the molecule is CO/C=C(/C(=O)OC)c1ccccc1Oc1nc(C(C)(C)C)ns1.[I][V][I]. The maximum atomic E-state index is 12.0. The Morgan fingerprint density at radius 3 is 2.37 bits per heavy atom. The van der Waals surface area contributed by atoms with E-state index in [-0.39, 0.29) is 11.0 Å². The van der Waals surface area contributed by atoms with Crippen LogP contribution in [0.1, 0.15) is 32.2 Å². The van der Waals surface area contributed by atoms with Crippen LogP contribution in [0.4, 0.5) is 0 Å². The van der Waals surface area contributed by atoms with E-state index >= 15 is 0 Å². The van der Waals surface area contributed by atoms with E-state index in [1.54, 1.807) is 18.2 Å². The molecule has 6 nitrogen and oxygen atoms in total. The van der Waals surface area contributed by atoms with Crippen molar-refractivity contribution in [1.29, 1.82) is 0 Å². The van der Waals surface area contributed by atoms with Crippen LogP contribution >= 0.6 is 51.5 Å². The Morgan fingerprint density at radius 1 is 1.22 bits per heavy atom. The van der Waals surface area contributed by atoms with E-state index in [0.29, 0.717) is 31.8 Å². The van der Waals surface area contributed by atoms with Crippen molar-refractivity contribution in [2.24, 2.45) is 0 Å². The molecule has 0 saturated heterocycles. The second kappa shape index (κ2) is 12.3. The quantitative estimate of drug-likeness (QED) is 0.183. The van der Waals surface area contributed by atoms with E-state index in [1.807, 2.05) is 26.8 Å². The van der Waals surface area contributed by atoms with E-state index in [0.717, 1.165) is 0 Å². The Morgan fingerprint density at radius 2 is 1.85 bits per heavy atom. The van der Waals surface area contributed by atoms with Gasteiger partial charge in [0, 0.05) is 22.5 Å². The summed E-state index contributed by atoms with van der Waals surface area (Å²) in [5, 5.41) is 0.411. The van der Waals surface area contributed by atoms with Crippen LogP contribution in [0.25, 0.3) is 5.57 Å². The van der Waals surface area contributed by atoms with Gasteiger partial charge in [0.2, 0.25) is 0 Å². The summed E-state index contributed by atoms with van der Waals surface area (Å²) >= 11 is 5.91. The van der Waals surface area contributed by atoms with Gasteiger partial charge in [0.15, 0.2) is 5.82 Å². The number of aromatic nitrogens is 2. The molecule has 0 aliphatic heterocycles. The van der Waals surface area contributed by atoms with Crippen LogP contribution in [0.5, 0.6) is 10.9 Å². The number of rotatable bonds is 5. The van der Waals surface area contributed by atoms with Gasteiger partial charge in [-0.15, -0.1) is 0 Å². The minimum absolute atomic E-state index is 0.162. The normalized spacial score (nSPS) is 11.1. The molecule has 2 rings (SSSR count). The number of hydrogen-bond donors (Lipinski definition) is 0. The molecule has 0 radical (unpaired) electrons. The molecule has 0 N–H and O–H groups in total.